The van der Waals surface area contributed by atoms with Gasteiger partial charge in [0.25, 0.3) is 0 Å². The summed E-state index contributed by atoms with van der Waals surface area (Å²) in [7, 11) is 1.51. The van der Waals surface area contributed by atoms with E-state index < -0.39 is 0 Å². The Hall–Kier alpha value is -2.84. The summed E-state index contributed by atoms with van der Waals surface area (Å²) in [5.74, 6) is 0.749. The molecule has 0 atom stereocenters. The molecule has 0 amide bonds. The molecule has 1 aromatic carbocycles. The number of rotatable bonds is 4. The molecule has 0 spiro atoms. The van der Waals surface area contributed by atoms with Gasteiger partial charge in [0.15, 0.2) is 17.3 Å². The van der Waals surface area contributed by atoms with Gasteiger partial charge in [-0.1, -0.05) is 18.2 Å². The maximum atomic E-state index is 7.72. The number of ether oxygens (including phenoxy) is 1. The van der Waals surface area contributed by atoms with Crippen molar-refractivity contribution in [2.24, 2.45) is 10.8 Å². The number of pyridine rings is 2. The molecule has 0 bridgehead atoms. The van der Waals surface area contributed by atoms with Crippen LogP contribution in [0.1, 0.15) is 5.56 Å². The van der Waals surface area contributed by atoms with E-state index in [1.54, 1.807) is 30.6 Å². The van der Waals surface area contributed by atoms with Gasteiger partial charge in [-0.15, -0.1) is 0 Å². The topological polar surface area (TPSA) is 110 Å². The molecule has 0 fully saturated rings. The van der Waals surface area contributed by atoms with Gasteiger partial charge < -0.3 is 20.4 Å². The first-order valence-corrected chi connectivity index (χ1v) is 8.33. The third-order valence-electron chi connectivity index (χ3n) is 3.23. The van der Waals surface area contributed by atoms with Crippen molar-refractivity contribution < 1.29 is 26.9 Å². The van der Waals surface area contributed by atoms with Crippen molar-refractivity contribution in [3.05, 3.63) is 78.0 Å². The van der Waals surface area contributed by atoms with Crippen molar-refractivity contribution in [2.45, 2.75) is 0 Å². The van der Waals surface area contributed by atoms with E-state index in [9.17, 15) is 0 Å². The average Bonchev–Trinajstić information content (AvgIpc) is 2.71. The summed E-state index contributed by atoms with van der Waals surface area (Å²) in [5, 5.41) is 11.5. The molecule has 0 aliphatic carbocycles. The maximum absolute atomic E-state index is 7.72. The van der Waals surface area contributed by atoms with E-state index in [1.807, 2.05) is 36.4 Å². The van der Waals surface area contributed by atoms with Crippen molar-refractivity contribution in [3.63, 3.8) is 0 Å². The minimum atomic E-state index is 0. The number of nitrogens with zero attached hydrogens (tertiary/aromatic N) is 4. The van der Waals surface area contributed by atoms with Crippen molar-refractivity contribution in [2.75, 3.05) is 7.11 Å². The smallest absolute Gasteiger partial charge is 0.590 e. The summed E-state index contributed by atoms with van der Waals surface area (Å²) in [6.07, 6.45) is 4.96. The second kappa shape index (κ2) is 12.5. The van der Waals surface area contributed by atoms with Crippen LogP contribution in [0, 0.1) is 0 Å². The van der Waals surface area contributed by atoms with Crippen LogP contribution in [0.25, 0.3) is 16.8 Å². The van der Waals surface area contributed by atoms with Crippen LogP contribution in [0.3, 0.4) is 0 Å². The minimum absolute atomic E-state index is 0. The SMILES string of the molecule is COc1cccc(C=N[N-]C(N)=[SH+])c1[OH2+].[Cu+2].c1ccc(-c2ccccn2)nc1. The first kappa shape index (κ1) is 23.2. The molecule has 0 aliphatic heterocycles. The fourth-order valence-electron chi connectivity index (χ4n) is 2.00. The van der Waals surface area contributed by atoms with E-state index in [2.05, 4.69) is 32.7 Å². The van der Waals surface area contributed by atoms with Gasteiger partial charge in [-0.3, -0.25) is 15.7 Å². The number of aromatic nitrogens is 2. The summed E-state index contributed by atoms with van der Waals surface area (Å²) in [4.78, 5) is 8.37. The Balaban J connectivity index is 0.000000275. The average molecular weight is 446 g/mol. The summed E-state index contributed by atoms with van der Waals surface area (Å²) in [6, 6.07) is 16.8. The monoisotopic (exact) mass is 445 g/mol. The normalized spacial score (nSPS) is 9.64. The van der Waals surface area contributed by atoms with Crippen LogP contribution in [0.15, 0.2) is 72.1 Å². The fraction of sp³-hybridized carbons (Fsp3) is 0.0526. The molecule has 1 radical (unpaired) electrons. The zero-order chi connectivity index (χ0) is 19.5. The summed E-state index contributed by atoms with van der Waals surface area (Å²) in [6.45, 7) is 0. The third kappa shape index (κ3) is 7.42. The molecule has 2 heterocycles. The first-order chi connectivity index (χ1) is 13.1. The Morgan fingerprint density at radius 3 is 2.14 bits per heavy atom. The first-order valence-electron chi connectivity index (χ1n) is 7.88. The fourth-order valence-corrected chi connectivity index (χ4v) is 2.06. The quantitative estimate of drug-likeness (QED) is 0.166. The van der Waals surface area contributed by atoms with Gasteiger partial charge in [-0.25, -0.2) is 0 Å². The van der Waals surface area contributed by atoms with Gasteiger partial charge in [0.05, 0.1) is 24.1 Å². The van der Waals surface area contributed by atoms with Gasteiger partial charge >= 0.3 is 22.8 Å². The Labute approximate surface area is 179 Å². The second-order valence-electron chi connectivity index (χ2n) is 5.06. The third-order valence-corrected chi connectivity index (χ3v) is 3.32. The van der Waals surface area contributed by atoms with Gasteiger partial charge in [0.1, 0.15) is 0 Å². The summed E-state index contributed by atoms with van der Waals surface area (Å²) < 4.78 is 4.99. The number of thiol groups is 1. The van der Waals surface area contributed by atoms with Gasteiger partial charge in [0.2, 0.25) is 5.75 Å². The van der Waals surface area contributed by atoms with E-state index in [0.717, 1.165) is 11.4 Å². The van der Waals surface area contributed by atoms with Crippen LogP contribution in [0.5, 0.6) is 11.5 Å². The van der Waals surface area contributed by atoms with Crippen molar-refractivity contribution in [3.8, 4) is 22.9 Å². The molecule has 3 rings (SSSR count). The number of hydrogen-bond donors (Lipinski definition) is 1. The van der Waals surface area contributed by atoms with Crippen LogP contribution in [-0.4, -0.2) is 33.5 Å². The molecule has 2 aromatic heterocycles. The molecular formula is C19H20CuN5O2S+3. The molecule has 0 saturated heterocycles. The van der Waals surface area contributed by atoms with E-state index in [1.165, 1.54) is 13.3 Å². The summed E-state index contributed by atoms with van der Waals surface area (Å²) in [5.41, 5.74) is 11.1. The van der Waals surface area contributed by atoms with Gasteiger partial charge in [0, 0.05) is 18.6 Å². The van der Waals surface area contributed by atoms with E-state index in [-0.39, 0.29) is 27.9 Å². The van der Waals surface area contributed by atoms with Crippen molar-refractivity contribution >= 4 is 23.5 Å². The number of hydrogen-bond acceptors (Lipinski definition) is 4. The Morgan fingerprint density at radius 1 is 1.07 bits per heavy atom. The van der Waals surface area contributed by atoms with Crippen LogP contribution in [-0.2, 0) is 29.3 Å². The molecule has 7 nitrogen and oxygen atoms in total. The Morgan fingerprint density at radius 2 is 1.68 bits per heavy atom. The number of benzene rings is 1. The predicted molar refractivity (Wildman–Crippen MR) is 112 cm³/mol. The molecule has 9 heteroatoms. The summed E-state index contributed by atoms with van der Waals surface area (Å²) >= 11 is 3.75. The Bertz CT molecular complexity index is 858. The predicted octanol–water partition coefficient (Wildman–Crippen LogP) is 2.31. The maximum Gasteiger partial charge on any atom is 2.00 e. The van der Waals surface area contributed by atoms with Crippen LogP contribution < -0.4 is 10.5 Å². The number of para-hydroxylation sites is 1. The zero-order valence-corrected chi connectivity index (χ0v) is 16.8. The molecular weight excluding hydrogens is 426 g/mol. The molecule has 0 unspecified atom stereocenters. The number of nitrogens with two attached hydrogens (primary N) is 1. The van der Waals surface area contributed by atoms with Crippen molar-refractivity contribution in [1.82, 2.24) is 9.97 Å². The van der Waals surface area contributed by atoms with Gasteiger partial charge in [-0.2, -0.15) is 0 Å². The molecule has 0 saturated carbocycles. The van der Waals surface area contributed by atoms with E-state index >= 15 is 0 Å². The van der Waals surface area contributed by atoms with Crippen LogP contribution in [0.2, 0.25) is 0 Å². The molecule has 3 aromatic rings. The standard InChI is InChI=1S/C10H8N2.C9H11N3O2S.Cu/c1-3-7-11-9(5-1)10-6-2-4-8-12-10;1-14-7-4-2-3-6(8(7)13)5-11-12-9(10)15;/h1-8H;2-5H,1H3,(H4,10,11,12,13,15);/q;;+2/p+1. The molecule has 4 N–H and O–H groups in total. The van der Waals surface area contributed by atoms with Crippen LogP contribution in [0.4, 0.5) is 0 Å². The van der Waals surface area contributed by atoms with Gasteiger partial charge in [-0.05, 0) is 36.4 Å². The van der Waals surface area contributed by atoms with E-state index in [0.29, 0.717) is 11.3 Å². The second-order valence-corrected chi connectivity index (χ2v) is 5.52. The zero-order valence-electron chi connectivity index (χ0n) is 15.0. The molecule has 0 aliphatic rings. The minimum Gasteiger partial charge on any atom is -0.590 e. The number of methoxy groups -OCH3 is 1. The molecule has 28 heavy (non-hydrogen) atoms. The molecule has 147 valence electrons. The Kier molecular flexibility index (Phi) is 10.4. The largest absolute Gasteiger partial charge is 2.00 e. The van der Waals surface area contributed by atoms with E-state index in [4.69, 9.17) is 15.6 Å². The van der Waals surface area contributed by atoms with Crippen molar-refractivity contribution in [1.29, 1.82) is 0 Å². The van der Waals surface area contributed by atoms with Crippen LogP contribution >= 0.6 is 0 Å².